The van der Waals surface area contributed by atoms with Crippen LogP contribution in [-0.4, -0.2) is 20.5 Å². The summed E-state index contributed by atoms with van der Waals surface area (Å²) in [7, 11) is -2.32. The number of anilines is 1. The topological polar surface area (TPSA) is 94.3 Å². The average molecular weight is 307 g/mol. The molecule has 7 heteroatoms. The lowest BCUT2D eigenvalue weighted by Crippen LogP contribution is -2.15. The van der Waals surface area contributed by atoms with Crippen molar-refractivity contribution in [3.05, 3.63) is 47.8 Å². The zero-order valence-electron chi connectivity index (χ0n) is 11.8. The molecule has 1 heterocycles. The van der Waals surface area contributed by atoms with Crippen LogP contribution in [0.1, 0.15) is 11.1 Å². The molecule has 6 nitrogen and oxygen atoms in total. The van der Waals surface area contributed by atoms with E-state index in [-0.39, 0.29) is 10.6 Å². The van der Waals surface area contributed by atoms with Crippen molar-refractivity contribution in [2.45, 2.75) is 18.4 Å². The lowest BCUT2D eigenvalue weighted by molar-refractivity contribution is 0.402. The maximum atomic E-state index is 12.5. The van der Waals surface area contributed by atoms with Gasteiger partial charge in [-0.05, 0) is 36.2 Å². The summed E-state index contributed by atoms with van der Waals surface area (Å²) in [4.78, 5) is 4.00. The highest BCUT2D eigenvalue weighted by Crippen LogP contribution is 2.27. The number of nitrogens with zero attached hydrogens (tertiary/aromatic N) is 1. The van der Waals surface area contributed by atoms with Crippen LogP contribution in [0.3, 0.4) is 0 Å². The molecule has 0 aliphatic rings. The van der Waals surface area contributed by atoms with Gasteiger partial charge in [0, 0.05) is 18.9 Å². The standard InChI is InChI=1S/C14H17N3O3S/c1-10-9-16-6-5-12(10)17-21(18,19)14-4-3-11(8-15)7-13(14)20-2/h3-7,9H,8,15H2,1-2H3,(H,16,17). The molecule has 0 aliphatic carbocycles. The molecule has 2 aromatic rings. The first-order valence-electron chi connectivity index (χ1n) is 6.28. The third kappa shape index (κ3) is 3.32. The fraction of sp³-hybridized carbons (Fsp3) is 0.214. The third-order valence-electron chi connectivity index (χ3n) is 3.02. The van der Waals surface area contributed by atoms with E-state index in [0.717, 1.165) is 11.1 Å². The summed E-state index contributed by atoms with van der Waals surface area (Å²) in [6.07, 6.45) is 3.12. The Hall–Kier alpha value is -2.12. The van der Waals surface area contributed by atoms with Crippen molar-refractivity contribution in [1.29, 1.82) is 0 Å². The van der Waals surface area contributed by atoms with Gasteiger partial charge in [-0.25, -0.2) is 8.42 Å². The maximum Gasteiger partial charge on any atom is 0.265 e. The van der Waals surface area contributed by atoms with Crippen LogP contribution >= 0.6 is 0 Å². The van der Waals surface area contributed by atoms with Gasteiger partial charge in [-0.15, -0.1) is 0 Å². The van der Waals surface area contributed by atoms with E-state index >= 15 is 0 Å². The molecule has 0 aliphatic heterocycles. The number of ether oxygens (including phenoxy) is 1. The van der Waals surface area contributed by atoms with Crippen molar-refractivity contribution in [3.63, 3.8) is 0 Å². The number of aromatic nitrogens is 1. The second-order valence-electron chi connectivity index (χ2n) is 4.49. The molecule has 2 rings (SSSR count). The Morgan fingerprint density at radius 1 is 1.33 bits per heavy atom. The first-order chi connectivity index (χ1) is 9.97. The number of nitrogens with two attached hydrogens (primary N) is 1. The van der Waals surface area contributed by atoms with Crippen LogP contribution in [0, 0.1) is 6.92 Å². The summed E-state index contributed by atoms with van der Waals surface area (Å²) in [6, 6.07) is 6.37. The first-order valence-corrected chi connectivity index (χ1v) is 7.76. The van der Waals surface area contributed by atoms with Crippen molar-refractivity contribution in [3.8, 4) is 5.75 Å². The molecule has 0 fully saturated rings. The normalized spacial score (nSPS) is 11.2. The van der Waals surface area contributed by atoms with Crippen LogP contribution in [0.2, 0.25) is 0 Å². The van der Waals surface area contributed by atoms with Crippen molar-refractivity contribution >= 4 is 15.7 Å². The van der Waals surface area contributed by atoms with Gasteiger partial charge in [0.2, 0.25) is 0 Å². The van der Waals surface area contributed by atoms with E-state index in [1.54, 1.807) is 31.3 Å². The Labute approximate surface area is 124 Å². The zero-order chi connectivity index (χ0) is 15.5. The van der Waals surface area contributed by atoms with Crippen LogP contribution in [-0.2, 0) is 16.6 Å². The highest BCUT2D eigenvalue weighted by atomic mass is 32.2. The SMILES string of the molecule is COc1cc(CN)ccc1S(=O)(=O)Nc1ccncc1C. The van der Waals surface area contributed by atoms with Crippen LogP contribution in [0.15, 0.2) is 41.6 Å². The van der Waals surface area contributed by atoms with E-state index in [0.29, 0.717) is 12.2 Å². The van der Waals surface area contributed by atoms with Crippen molar-refractivity contribution in [2.24, 2.45) is 5.73 Å². The van der Waals surface area contributed by atoms with Crippen LogP contribution < -0.4 is 15.2 Å². The molecule has 112 valence electrons. The molecule has 0 saturated carbocycles. The molecule has 0 bridgehead atoms. The molecule has 0 atom stereocenters. The van der Waals surface area contributed by atoms with Gasteiger partial charge < -0.3 is 10.5 Å². The zero-order valence-corrected chi connectivity index (χ0v) is 12.6. The van der Waals surface area contributed by atoms with E-state index in [2.05, 4.69) is 9.71 Å². The molecule has 0 spiro atoms. The molecule has 0 unspecified atom stereocenters. The van der Waals surface area contributed by atoms with Gasteiger partial charge in [0.15, 0.2) is 0 Å². The number of pyridine rings is 1. The summed E-state index contributed by atoms with van der Waals surface area (Å²) in [5.74, 6) is 0.261. The minimum Gasteiger partial charge on any atom is -0.495 e. The lowest BCUT2D eigenvalue weighted by atomic mass is 10.2. The molecular formula is C14H17N3O3S. The van der Waals surface area contributed by atoms with Gasteiger partial charge in [-0.2, -0.15) is 0 Å². The van der Waals surface area contributed by atoms with Crippen molar-refractivity contribution in [2.75, 3.05) is 11.8 Å². The summed E-state index contributed by atoms with van der Waals surface area (Å²) in [5, 5.41) is 0. The number of hydrogen-bond acceptors (Lipinski definition) is 5. The molecule has 0 radical (unpaired) electrons. The highest BCUT2D eigenvalue weighted by molar-refractivity contribution is 7.92. The van der Waals surface area contributed by atoms with Gasteiger partial charge in [-0.3, -0.25) is 9.71 Å². The molecule has 0 saturated heterocycles. The Balaban J connectivity index is 2.42. The fourth-order valence-electron chi connectivity index (χ4n) is 1.85. The quantitative estimate of drug-likeness (QED) is 0.876. The fourth-order valence-corrected chi connectivity index (χ4v) is 3.13. The summed E-state index contributed by atoms with van der Waals surface area (Å²) in [6.45, 7) is 2.09. The Morgan fingerprint density at radius 2 is 2.10 bits per heavy atom. The Kier molecular flexibility index (Phi) is 4.44. The van der Waals surface area contributed by atoms with Crippen LogP contribution in [0.5, 0.6) is 5.75 Å². The van der Waals surface area contributed by atoms with E-state index < -0.39 is 10.0 Å². The van der Waals surface area contributed by atoms with Crippen LogP contribution in [0.4, 0.5) is 5.69 Å². The lowest BCUT2D eigenvalue weighted by Gasteiger charge is -2.13. The van der Waals surface area contributed by atoms with Gasteiger partial charge in [-0.1, -0.05) is 6.07 Å². The van der Waals surface area contributed by atoms with Crippen molar-refractivity contribution < 1.29 is 13.2 Å². The number of rotatable bonds is 5. The first kappa shape index (κ1) is 15.3. The number of sulfonamides is 1. The summed E-state index contributed by atoms with van der Waals surface area (Å²) < 4.78 is 32.7. The number of hydrogen-bond donors (Lipinski definition) is 2. The van der Waals surface area contributed by atoms with E-state index in [1.807, 2.05) is 0 Å². The Morgan fingerprint density at radius 3 is 2.71 bits per heavy atom. The average Bonchev–Trinajstić information content (AvgIpc) is 2.48. The second kappa shape index (κ2) is 6.11. The second-order valence-corrected chi connectivity index (χ2v) is 6.14. The van der Waals surface area contributed by atoms with Gasteiger partial charge in [0.25, 0.3) is 10.0 Å². The number of aryl methyl sites for hydroxylation is 1. The molecule has 1 aromatic carbocycles. The third-order valence-corrected chi connectivity index (χ3v) is 4.42. The molecule has 1 aromatic heterocycles. The molecular weight excluding hydrogens is 290 g/mol. The van der Waals surface area contributed by atoms with Crippen LogP contribution in [0.25, 0.3) is 0 Å². The van der Waals surface area contributed by atoms with Gasteiger partial charge in [0.1, 0.15) is 10.6 Å². The predicted molar refractivity (Wildman–Crippen MR) is 80.7 cm³/mol. The van der Waals surface area contributed by atoms with E-state index in [4.69, 9.17) is 10.5 Å². The summed E-state index contributed by atoms with van der Waals surface area (Å²) in [5.41, 5.74) is 7.56. The molecule has 3 N–H and O–H groups in total. The van der Waals surface area contributed by atoms with Gasteiger partial charge >= 0.3 is 0 Å². The Bertz CT molecular complexity index is 745. The number of benzene rings is 1. The smallest absolute Gasteiger partial charge is 0.265 e. The largest absolute Gasteiger partial charge is 0.495 e. The minimum absolute atomic E-state index is 0.0680. The highest BCUT2D eigenvalue weighted by Gasteiger charge is 2.20. The maximum absolute atomic E-state index is 12.5. The van der Waals surface area contributed by atoms with Gasteiger partial charge in [0.05, 0.1) is 12.8 Å². The molecule has 0 amide bonds. The van der Waals surface area contributed by atoms with E-state index in [1.165, 1.54) is 19.4 Å². The van der Waals surface area contributed by atoms with Crippen molar-refractivity contribution in [1.82, 2.24) is 4.98 Å². The number of methoxy groups -OCH3 is 1. The minimum atomic E-state index is -3.75. The number of nitrogens with one attached hydrogen (secondary N) is 1. The predicted octanol–water partition coefficient (Wildman–Crippen LogP) is 1.66. The monoisotopic (exact) mass is 307 g/mol. The van der Waals surface area contributed by atoms with E-state index in [9.17, 15) is 8.42 Å². The molecule has 21 heavy (non-hydrogen) atoms. The summed E-state index contributed by atoms with van der Waals surface area (Å²) >= 11 is 0.